The van der Waals surface area contributed by atoms with Gasteiger partial charge >= 0.3 is 0 Å². The van der Waals surface area contributed by atoms with Gasteiger partial charge in [0.2, 0.25) is 10.0 Å². The lowest BCUT2D eigenvalue weighted by atomic mass is 9.81. The van der Waals surface area contributed by atoms with Crippen molar-refractivity contribution in [1.29, 1.82) is 0 Å². The van der Waals surface area contributed by atoms with Gasteiger partial charge < -0.3 is 5.73 Å². The summed E-state index contributed by atoms with van der Waals surface area (Å²) in [5, 5.41) is 0. The largest absolute Gasteiger partial charge is 0.393 e. The molecule has 1 aliphatic heterocycles. The second-order valence-corrected chi connectivity index (χ2v) is 9.07. The molecular weight excluding hydrogens is 256 g/mol. The van der Waals surface area contributed by atoms with Gasteiger partial charge in [-0.2, -0.15) is 0 Å². The summed E-state index contributed by atoms with van der Waals surface area (Å²) in [6.07, 6.45) is 1.41. The zero-order valence-corrected chi connectivity index (χ0v) is 12.6. The van der Waals surface area contributed by atoms with Crippen molar-refractivity contribution in [3.05, 3.63) is 0 Å². The summed E-state index contributed by atoms with van der Waals surface area (Å²) in [7, 11) is -3.23. The Morgan fingerprint density at radius 2 is 1.71 bits per heavy atom. The molecule has 0 unspecified atom stereocenters. The van der Waals surface area contributed by atoms with Crippen molar-refractivity contribution in [2.45, 2.75) is 45.3 Å². The van der Waals surface area contributed by atoms with Gasteiger partial charge in [-0.05, 0) is 33.6 Å². The molecule has 0 bridgehead atoms. The highest BCUT2D eigenvalue weighted by Crippen LogP contribution is 2.34. The van der Waals surface area contributed by atoms with Crippen LogP contribution in [-0.4, -0.2) is 35.5 Å². The molecule has 1 aliphatic rings. The number of rotatable bonds is 2. The van der Waals surface area contributed by atoms with Crippen molar-refractivity contribution in [2.75, 3.05) is 13.1 Å². The van der Waals surface area contributed by atoms with Crippen LogP contribution in [0.5, 0.6) is 0 Å². The van der Waals surface area contributed by atoms with Gasteiger partial charge in [-0.1, -0.05) is 19.1 Å². The van der Waals surface area contributed by atoms with Crippen LogP contribution in [0, 0.1) is 5.41 Å². The van der Waals surface area contributed by atoms with Crippen LogP contribution in [0.15, 0.2) is 0 Å². The maximum Gasteiger partial charge on any atom is 0.219 e. The van der Waals surface area contributed by atoms with E-state index in [-0.39, 0.29) is 5.41 Å². The third-order valence-electron chi connectivity index (χ3n) is 3.53. The molecule has 0 aliphatic carbocycles. The molecule has 0 spiro atoms. The van der Waals surface area contributed by atoms with E-state index >= 15 is 0 Å². The Morgan fingerprint density at radius 3 is 2.00 bits per heavy atom. The molecule has 0 aromatic carbocycles. The summed E-state index contributed by atoms with van der Waals surface area (Å²) in [6.45, 7) is 8.20. The van der Waals surface area contributed by atoms with Crippen LogP contribution in [0.25, 0.3) is 0 Å². The molecule has 6 heteroatoms. The standard InChI is InChI=1S/C11H22N2O2S2/c1-10(2,3)17(14,15)13-7-5-11(4,6-8-13)9(12)16/h5-8H2,1-4H3,(H2,12,16). The normalized spacial score (nSPS) is 22.4. The Morgan fingerprint density at radius 1 is 1.29 bits per heavy atom. The van der Waals surface area contributed by atoms with Crippen LogP contribution in [0.3, 0.4) is 0 Å². The summed E-state index contributed by atoms with van der Waals surface area (Å²) in [6, 6.07) is 0. The number of nitrogens with zero attached hydrogens (tertiary/aromatic N) is 1. The van der Waals surface area contributed by atoms with E-state index in [1.54, 1.807) is 25.1 Å². The summed E-state index contributed by atoms with van der Waals surface area (Å²) in [4.78, 5) is 0.491. The first-order chi connectivity index (χ1) is 7.51. The lowest BCUT2D eigenvalue weighted by Crippen LogP contribution is -2.50. The summed E-state index contributed by atoms with van der Waals surface area (Å²) < 4.78 is 25.3. The molecule has 0 atom stereocenters. The molecule has 0 aromatic heterocycles. The smallest absolute Gasteiger partial charge is 0.219 e. The molecule has 0 radical (unpaired) electrons. The van der Waals surface area contributed by atoms with Gasteiger partial charge in [0.05, 0.1) is 9.74 Å². The van der Waals surface area contributed by atoms with E-state index in [0.717, 1.165) is 0 Å². The second-order valence-electron chi connectivity index (χ2n) is 5.94. The third kappa shape index (κ3) is 2.80. The van der Waals surface area contributed by atoms with Crippen molar-refractivity contribution < 1.29 is 8.42 Å². The van der Waals surface area contributed by atoms with E-state index in [9.17, 15) is 8.42 Å². The SMILES string of the molecule is CC1(C(N)=S)CCN(S(=O)(=O)C(C)(C)C)CC1. The molecule has 1 rings (SSSR count). The highest BCUT2D eigenvalue weighted by atomic mass is 32.2. The van der Waals surface area contributed by atoms with Gasteiger partial charge in [-0.3, -0.25) is 0 Å². The van der Waals surface area contributed by atoms with Gasteiger partial charge in [0.15, 0.2) is 0 Å². The number of thiocarbonyl (C=S) groups is 1. The van der Waals surface area contributed by atoms with Crippen molar-refractivity contribution >= 4 is 27.2 Å². The Balaban J connectivity index is 2.81. The molecule has 1 saturated heterocycles. The molecule has 4 nitrogen and oxygen atoms in total. The van der Waals surface area contributed by atoms with E-state index in [0.29, 0.717) is 30.9 Å². The van der Waals surface area contributed by atoms with Crippen LogP contribution in [-0.2, 0) is 10.0 Å². The van der Waals surface area contributed by atoms with Crippen molar-refractivity contribution in [2.24, 2.45) is 11.1 Å². The third-order valence-corrected chi connectivity index (χ3v) is 6.62. The minimum atomic E-state index is -3.23. The minimum absolute atomic E-state index is 0.195. The molecule has 17 heavy (non-hydrogen) atoms. The Labute approximate surface area is 110 Å². The first-order valence-corrected chi connectivity index (χ1v) is 7.65. The molecule has 100 valence electrons. The fourth-order valence-electron chi connectivity index (χ4n) is 1.85. The molecule has 1 fully saturated rings. The molecule has 0 amide bonds. The van der Waals surface area contributed by atoms with Gasteiger partial charge in [0.1, 0.15) is 0 Å². The zero-order valence-electron chi connectivity index (χ0n) is 11.0. The highest BCUT2D eigenvalue weighted by molar-refractivity contribution is 7.90. The first kappa shape index (κ1) is 14.9. The Hall–Kier alpha value is -0.200. The summed E-state index contributed by atoms with van der Waals surface area (Å²) in [5.74, 6) is 0. The lowest BCUT2D eigenvalue weighted by molar-refractivity contribution is 0.240. The minimum Gasteiger partial charge on any atom is -0.393 e. The Bertz CT molecular complexity index is 402. The van der Waals surface area contributed by atoms with Crippen molar-refractivity contribution in [3.63, 3.8) is 0 Å². The molecule has 2 N–H and O–H groups in total. The zero-order chi connectivity index (χ0) is 13.5. The van der Waals surface area contributed by atoms with E-state index in [2.05, 4.69) is 0 Å². The van der Waals surface area contributed by atoms with Crippen LogP contribution < -0.4 is 5.73 Å². The van der Waals surface area contributed by atoms with Gasteiger partial charge in [0.25, 0.3) is 0 Å². The predicted molar refractivity (Wildman–Crippen MR) is 74.4 cm³/mol. The Kier molecular flexibility index (Phi) is 3.91. The van der Waals surface area contributed by atoms with Crippen molar-refractivity contribution in [3.8, 4) is 0 Å². The summed E-state index contributed by atoms with van der Waals surface area (Å²) in [5.41, 5.74) is 5.51. The molecule has 1 heterocycles. The fraction of sp³-hybridized carbons (Fsp3) is 0.909. The van der Waals surface area contributed by atoms with Crippen LogP contribution >= 0.6 is 12.2 Å². The maximum atomic E-state index is 12.2. The number of sulfonamides is 1. The number of nitrogens with two attached hydrogens (primary N) is 1. The maximum absolute atomic E-state index is 12.2. The predicted octanol–water partition coefficient (Wildman–Crippen LogP) is 1.50. The number of piperidine rings is 1. The van der Waals surface area contributed by atoms with Crippen molar-refractivity contribution in [1.82, 2.24) is 4.31 Å². The molecule has 0 aromatic rings. The molecular formula is C11H22N2O2S2. The second kappa shape index (κ2) is 4.48. The molecule has 0 saturated carbocycles. The van der Waals surface area contributed by atoms with Crippen LogP contribution in [0.1, 0.15) is 40.5 Å². The van der Waals surface area contributed by atoms with Gasteiger partial charge in [-0.15, -0.1) is 0 Å². The average Bonchev–Trinajstić information content (AvgIpc) is 2.16. The van der Waals surface area contributed by atoms with E-state index < -0.39 is 14.8 Å². The van der Waals surface area contributed by atoms with E-state index in [4.69, 9.17) is 18.0 Å². The van der Waals surface area contributed by atoms with Gasteiger partial charge in [0, 0.05) is 18.5 Å². The first-order valence-electron chi connectivity index (χ1n) is 5.80. The average molecular weight is 278 g/mol. The highest BCUT2D eigenvalue weighted by Gasteiger charge is 2.41. The van der Waals surface area contributed by atoms with E-state index in [1.165, 1.54) is 0 Å². The van der Waals surface area contributed by atoms with E-state index in [1.807, 2.05) is 6.92 Å². The lowest BCUT2D eigenvalue weighted by Gasteiger charge is -2.40. The van der Waals surface area contributed by atoms with Crippen LogP contribution in [0.2, 0.25) is 0 Å². The fourth-order valence-corrected chi connectivity index (χ4v) is 3.50. The summed E-state index contributed by atoms with van der Waals surface area (Å²) >= 11 is 5.04. The number of hydrogen-bond acceptors (Lipinski definition) is 3. The monoisotopic (exact) mass is 278 g/mol. The number of hydrogen-bond donors (Lipinski definition) is 1. The van der Waals surface area contributed by atoms with Gasteiger partial charge in [-0.25, -0.2) is 12.7 Å². The van der Waals surface area contributed by atoms with Crippen LogP contribution in [0.4, 0.5) is 0 Å². The topological polar surface area (TPSA) is 63.4 Å². The quantitative estimate of drug-likeness (QED) is 0.778.